The molecule has 0 unspecified atom stereocenters. The second-order valence-electron chi connectivity index (χ2n) is 8.53. The van der Waals surface area contributed by atoms with Crippen molar-refractivity contribution in [2.24, 2.45) is 0 Å². The molecule has 3 rings (SSSR count). The SMILES string of the molecule is CCCCOc1ccc(C(C)(C)c2ccc(OCCCN3CCSCC3)cc2)cc1. The van der Waals surface area contributed by atoms with E-state index in [0.29, 0.717) is 0 Å². The minimum absolute atomic E-state index is 0.0627. The van der Waals surface area contributed by atoms with Crippen LogP contribution in [0, 0.1) is 0 Å². The van der Waals surface area contributed by atoms with Gasteiger partial charge >= 0.3 is 0 Å². The summed E-state index contributed by atoms with van der Waals surface area (Å²) in [6.07, 6.45) is 3.34. The van der Waals surface area contributed by atoms with Crippen molar-refractivity contribution in [3.8, 4) is 11.5 Å². The molecule has 0 saturated carbocycles. The minimum atomic E-state index is -0.0627. The first-order chi connectivity index (χ1) is 14.6. The summed E-state index contributed by atoms with van der Waals surface area (Å²) in [7, 11) is 0. The summed E-state index contributed by atoms with van der Waals surface area (Å²) in [4.78, 5) is 2.55. The monoisotopic (exact) mass is 427 g/mol. The molecule has 0 aliphatic carbocycles. The Hall–Kier alpha value is -1.65. The van der Waals surface area contributed by atoms with Crippen LogP contribution in [0.15, 0.2) is 48.5 Å². The molecule has 0 aromatic heterocycles. The van der Waals surface area contributed by atoms with Crippen molar-refractivity contribution in [1.29, 1.82) is 0 Å². The Morgan fingerprint density at radius 1 is 0.800 bits per heavy atom. The molecular weight excluding hydrogens is 390 g/mol. The van der Waals surface area contributed by atoms with Gasteiger partial charge in [0.1, 0.15) is 11.5 Å². The summed E-state index contributed by atoms with van der Waals surface area (Å²) >= 11 is 2.06. The second-order valence-corrected chi connectivity index (χ2v) is 9.76. The third-order valence-electron chi connectivity index (χ3n) is 5.91. The lowest BCUT2D eigenvalue weighted by Crippen LogP contribution is -2.33. The molecule has 4 heteroatoms. The maximum atomic E-state index is 5.98. The molecule has 164 valence electrons. The minimum Gasteiger partial charge on any atom is -0.494 e. The standard InChI is InChI=1S/C26H37NO2S/c1-4-5-18-28-24-11-7-22(8-12-24)26(2,3)23-9-13-25(14-10-23)29-19-6-15-27-16-20-30-21-17-27/h7-14H,4-6,15-21H2,1-3H3. The third kappa shape index (κ3) is 6.68. The van der Waals surface area contributed by atoms with Gasteiger partial charge in [0.15, 0.2) is 0 Å². The fourth-order valence-electron chi connectivity index (χ4n) is 3.74. The number of benzene rings is 2. The van der Waals surface area contributed by atoms with E-state index in [1.54, 1.807) is 0 Å². The molecule has 1 aliphatic rings. The van der Waals surface area contributed by atoms with Crippen molar-refractivity contribution >= 4 is 11.8 Å². The van der Waals surface area contributed by atoms with E-state index in [-0.39, 0.29) is 5.41 Å². The van der Waals surface area contributed by atoms with E-state index in [0.717, 1.165) is 50.5 Å². The first-order valence-electron chi connectivity index (χ1n) is 11.4. The zero-order valence-electron chi connectivity index (χ0n) is 18.9. The van der Waals surface area contributed by atoms with Gasteiger partial charge in [0, 0.05) is 36.6 Å². The molecule has 1 saturated heterocycles. The van der Waals surface area contributed by atoms with Crippen molar-refractivity contribution in [1.82, 2.24) is 4.90 Å². The number of hydrogen-bond acceptors (Lipinski definition) is 4. The molecule has 3 nitrogen and oxygen atoms in total. The zero-order valence-corrected chi connectivity index (χ0v) is 19.7. The topological polar surface area (TPSA) is 21.7 Å². The van der Waals surface area contributed by atoms with Crippen molar-refractivity contribution in [2.45, 2.75) is 45.4 Å². The van der Waals surface area contributed by atoms with Crippen LogP contribution in [-0.4, -0.2) is 49.3 Å². The Bertz CT molecular complexity index is 737. The quantitative estimate of drug-likeness (QED) is 0.409. The summed E-state index contributed by atoms with van der Waals surface area (Å²) < 4.78 is 11.8. The molecule has 0 N–H and O–H groups in total. The van der Waals surface area contributed by atoms with Gasteiger partial charge in [-0.15, -0.1) is 0 Å². The Morgan fingerprint density at radius 2 is 1.30 bits per heavy atom. The van der Waals surface area contributed by atoms with Crippen molar-refractivity contribution in [2.75, 3.05) is 44.4 Å². The summed E-state index contributed by atoms with van der Waals surface area (Å²) in [5.74, 6) is 4.46. The lowest BCUT2D eigenvalue weighted by atomic mass is 9.78. The predicted molar refractivity (Wildman–Crippen MR) is 129 cm³/mol. The first kappa shape index (κ1) is 23.0. The number of ether oxygens (including phenoxy) is 2. The van der Waals surface area contributed by atoms with E-state index in [1.807, 2.05) is 0 Å². The lowest BCUT2D eigenvalue weighted by Gasteiger charge is -2.27. The highest BCUT2D eigenvalue weighted by molar-refractivity contribution is 7.99. The molecule has 0 radical (unpaired) electrons. The van der Waals surface area contributed by atoms with Gasteiger partial charge in [-0.3, -0.25) is 0 Å². The van der Waals surface area contributed by atoms with Gasteiger partial charge in [0.25, 0.3) is 0 Å². The molecule has 1 aliphatic heterocycles. The number of rotatable bonds is 11. The molecule has 1 heterocycles. The largest absolute Gasteiger partial charge is 0.494 e. The third-order valence-corrected chi connectivity index (χ3v) is 6.85. The molecular formula is C26H37NO2S. The molecule has 0 bridgehead atoms. The number of unbranched alkanes of at least 4 members (excludes halogenated alkanes) is 1. The fraction of sp³-hybridized carbons (Fsp3) is 0.538. The molecule has 0 spiro atoms. The van der Waals surface area contributed by atoms with Gasteiger partial charge in [-0.25, -0.2) is 0 Å². The van der Waals surface area contributed by atoms with Crippen LogP contribution in [0.1, 0.15) is 51.2 Å². The maximum absolute atomic E-state index is 5.98. The van der Waals surface area contributed by atoms with Gasteiger partial charge in [-0.05, 0) is 48.2 Å². The molecule has 0 atom stereocenters. The molecule has 0 amide bonds. The van der Waals surface area contributed by atoms with E-state index in [9.17, 15) is 0 Å². The van der Waals surface area contributed by atoms with Crippen molar-refractivity contribution in [3.05, 3.63) is 59.7 Å². The molecule has 1 fully saturated rings. The smallest absolute Gasteiger partial charge is 0.119 e. The van der Waals surface area contributed by atoms with Crippen LogP contribution in [0.2, 0.25) is 0 Å². The van der Waals surface area contributed by atoms with Crippen LogP contribution in [-0.2, 0) is 5.41 Å². The molecule has 2 aromatic carbocycles. The normalized spacial score (nSPS) is 15.2. The van der Waals surface area contributed by atoms with Gasteiger partial charge in [0.05, 0.1) is 13.2 Å². The maximum Gasteiger partial charge on any atom is 0.119 e. The van der Waals surface area contributed by atoms with E-state index in [1.165, 1.54) is 35.7 Å². The number of thioether (sulfide) groups is 1. The van der Waals surface area contributed by atoms with Gasteiger partial charge < -0.3 is 14.4 Å². The average Bonchev–Trinajstić information content (AvgIpc) is 2.78. The number of hydrogen-bond donors (Lipinski definition) is 0. The van der Waals surface area contributed by atoms with E-state index >= 15 is 0 Å². The van der Waals surface area contributed by atoms with Crippen LogP contribution >= 0.6 is 11.8 Å². The summed E-state index contributed by atoms with van der Waals surface area (Å²) in [6.45, 7) is 11.9. The predicted octanol–water partition coefficient (Wildman–Crippen LogP) is 6.01. The van der Waals surface area contributed by atoms with Gasteiger partial charge in [0.2, 0.25) is 0 Å². The highest BCUT2D eigenvalue weighted by Gasteiger charge is 2.23. The van der Waals surface area contributed by atoms with Crippen LogP contribution in [0.25, 0.3) is 0 Å². The van der Waals surface area contributed by atoms with E-state index in [4.69, 9.17) is 9.47 Å². The number of nitrogens with zero attached hydrogens (tertiary/aromatic N) is 1. The average molecular weight is 428 g/mol. The van der Waals surface area contributed by atoms with E-state index < -0.39 is 0 Å². The molecule has 2 aromatic rings. The van der Waals surface area contributed by atoms with Gasteiger partial charge in [-0.2, -0.15) is 11.8 Å². The van der Waals surface area contributed by atoms with Gasteiger partial charge in [-0.1, -0.05) is 51.5 Å². The summed E-state index contributed by atoms with van der Waals surface area (Å²) in [5, 5.41) is 0. The van der Waals surface area contributed by atoms with Crippen LogP contribution in [0.3, 0.4) is 0 Å². The van der Waals surface area contributed by atoms with Crippen molar-refractivity contribution < 1.29 is 9.47 Å². The first-order valence-corrected chi connectivity index (χ1v) is 12.5. The summed E-state index contributed by atoms with van der Waals surface area (Å²) in [5.41, 5.74) is 2.52. The van der Waals surface area contributed by atoms with E-state index in [2.05, 4.69) is 86.0 Å². The highest BCUT2D eigenvalue weighted by atomic mass is 32.2. The Labute approximate surface area is 187 Å². The van der Waals surface area contributed by atoms with Crippen LogP contribution in [0.4, 0.5) is 0 Å². The highest BCUT2D eigenvalue weighted by Crippen LogP contribution is 2.33. The molecule has 30 heavy (non-hydrogen) atoms. The Kier molecular flexibility index (Phi) is 8.95. The van der Waals surface area contributed by atoms with Crippen LogP contribution < -0.4 is 9.47 Å². The Balaban J connectivity index is 1.49. The zero-order chi connectivity index (χ0) is 21.2. The lowest BCUT2D eigenvalue weighted by molar-refractivity contribution is 0.248. The summed E-state index contributed by atoms with van der Waals surface area (Å²) in [6, 6.07) is 17.2. The fourth-order valence-corrected chi connectivity index (χ4v) is 4.72. The van der Waals surface area contributed by atoms with Crippen LogP contribution in [0.5, 0.6) is 11.5 Å². The second kappa shape index (κ2) is 11.7. The van der Waals surface area contributed by atoms with Crippen molar-refractivity contribution in [3.63, 3.8) is 0 Å². The Morgan fingerprint density at radius 3 is 1.80 bits per heavy atom.